The fourth-order valence-electron chi connectivity index (χ4n) is 4.89. The number of aromatic nitrogens is 1. The molecule has 44 heavy (non-hydrogen) atoms. The number of hydrogen-bond donors (Lipinski definition) is 0. The summed E-state index contributed by atoms with van der Waals surface area (Å²) in [6.07, 6.45) is 1.76. The number of halogens is 1. The fraction of sp³-hybridized carbons (Fsp3) is 0.219. The number of benzene rings is 3. The van der Waals surface area contributed by atoms with Crippen LogP contribution in [0.15, 0.2) is 81.7 Å². The van der Waals surface area contributed by atoms with E-state index in [4.69, 9.17) is 14.2 Å². The predicted octanol–water partition coefficient (Wildman–Crippen LogP) is 5.21. The van der Waals surface area contributed by atoms with Gasteiger partial charge in [0.15, 0.2) is 16.3 Å². The van der Waals surface area contributed by atoms with Crippen molar-refractivity contribution >= 4 is 51.7 Å². The minimum atomic E-state index is -0.688. The van der Waals surface area contributed by atoms with Gasteiger partial charge in [-0.05, 0) is 78.3 Å². The number of nitrogens with zero attached hydrogens (tertiary/aromatic N) is 3. The molecule has 1 atom stereocenters. The highest BCUT2D eigenvalue weighted by molar-refractivity contribution is 14.1. The molecule has 0 aliphatic carbocycles. The Morgan fingerprint density at radius 1 is 1.16 bits per heavy atom. The lowest BCUT2D eigenvalue weighted by Gasteiger charge is -2.24. The van der Waals surface area contributed by atoms with E-state index in [1.165, 1.54) is 30.6 Å². The third-order valence-electron chi connectivity index (χ3n) is 6.96. The molecule has 0 spiro atoms. The molecule has 3 aromatic carbocycles. The van der Waals surface area contributed by atoms with Crippen molar-refractivity contribution in [2.24, 2.45) is 4.99 Å². The zero-order valence-corrected chi connectivity index (χ0v) is 27.3. The number of aryl methyl sites for hydroxylation is 1. The van der Waals surface area contributed by atoms with Crippen LogP contribution in [0.1, 0.15) is 42.1 Å². The minimum Gasteiger partial charge on any atom is -0.493 e. The number of methoxy groups -OCH3 is 1. The molecule has 2 heterocycles. The highest BCUT2D eigenvalue weighted by Gasteiger charge is 2.33. The zero-order valence-electron chi connectivity index (χ0n) is 24.3. The number of rotatable bonds is 9. The number of carbonyl (C=O) groups excluding carboxylic acids is 1. The molecule has 1 aliphatic heterocycles. The van der Waals surface area contributed by atoms with Crippen LogP contribution in [0.5, 0.6) is 11.5 Å². The highest BCUT2D eigenvalue weighted by Crippen LogP contribution is 2.35. The third kappa shape index (κ3) is 6.31. The van der Waals surface area contributed by atoms with Crippen LogP contribution >= 0.6 is 33.9 Å². The number of non-ortho nitro benzene ring substituents is 1. The molecule has 12 heteroatoms. The summed E-state index contributed by atoms with van der Waals surface area (Å²) in [4.78, 5) is 42.8. The molecule has 0 bridgehead atoms. The first-order valence-electron chi connectivity index (χ1n) is 13.6. The number of ether oxygens (including phenoxy) is 3. The van der Waals surface area contributed by atoms with E-state index in [1.54, 1.807) is 42.7 Å². The molecule has 4 aromatic rings. The molecule has 1 aromatic heterocycles. The summed E-state index contributed by atoms with van der Waals surface area (Å²) < 4.78 is 19.7. The van der Waals surface area contributed by atoms with Gasteiger partial charge in [0.2, 0.25) is 0 Å². The lowest BCUT2D eigenvalue weighted by molar-refractivity contribution is -0.384. The van der Waals surface area contributed by atoms with Gasteiger partial charge in [0.05, 0.1) is 44.1 Å². The zero-order chi connectivity index (χ0) is 31.5. The Bertz CT molecular complexity index is 1980. The lowest BCUT2D eigenvalue weighted by Crippen LogP contribution is -2.39. The molecular weight excluding hydrogens is 697 g/mol. The van der Waals surface area contributed by atoms with Gasteiger partial charge in [-0.2, -0.15) is 0 Å². The van der Waals surface area contributed by atoms with E-state index in [-0.39, 0.29) is 24.5 Å². The number of thiazole rings is 1. The monoisotopic (exact) mass is 725 g/mol. The van der Waals surface area contributed by atoms with E-state index >= 15 is 0 Å². The molecule has 0 fully saturated rings. The van der Waals surface area contributed by atoms with Crippen molar-refractivity contribution in [3.05, 3.63) is 128 Å². The van der Waals surface area contributed by atoms with Crippen molar-refractivity contribution in [2.75, 3.05) is 13.7 Å². The fourth-order valence-corrected chi connectivity index (χ4v) is 6.71. The Morgan fingerprint density at radius 3 is 2.59 bits per heavy atom. The molecule has 0 N–H and O–H groups in total. The van der Waals surface area contributed by atoms with Gasteiger partial charge in [-0.1, -0.05) is 53.3 Å². The molecule has 0 saturated carbocycles. The van der Waals surface area contributed by atoms with Crippen molar-refractivity contribution in [2.45, 2.75) is 33.4 Å². The van der Waals surface area contributed by atoms with Gasteiger partial charge in [-0.15, -0.1) is 0 Å². The summed E-state index contributed by atoms with van der Waals surface area (Å²) in [6.45, 7) is 5.77. The average Bonchev–Trinajstić information content (AvgIpc) is 3.30. The molecule has 10 nitrogen and oxygen atoms in total. The summed E-state index contributed by atoms with van der Waals surface area (Å²) in [5.41, 5.74) is 3.71. The van der Waals surface area contributed by atoms with Gasteiger partial charge in [-0.3, -0.25) is 19.5 Å². The van der Waals surface area contributed by atoms with Gasteiger partial charge in [0.25, 0.3) is 11.2 Å². The Hall–Kier alpha value is -4.30. The number of fused-ring (bicyclic) bond motifs is 1. The lowest BCUT2D eigenvalue weighted by atomic mass is 9.95. The Kier molecular flexibility index (Phi) is 9.30. The first kappa shape index (κ1) is 31.1. The minimum absolute atomic E-state index is 0.0150. The molecule has 0 unspecified atom stereocenters. The van der Waals surface area contributed by atoms with Crippen molar-refractivity contribution in [3.8, 4) is 11.5 Å². The van der Waals surface area contributed by atoms with Gasteiger partial charge < -0.3 is 14.2 Å². The smallest absolute Gasteiger partial charge is 0.338 e. The second kappa shape index (κ2) is 13.1. The van der Waals surface area contributed by atoms with E-state index in [2.05, 4.69) is 27.6 Å². The maximum Gasteiger partial charge on any atom is 0.338 e. The SMILES string of the molecule is CCOC(=O)C1=C(C)N=c2s/c(=C/c3cc(I)c(OCc4cccc([N+](=O)[O-])c4)c(OC)c3)c(=O)n2[C@H]1c1ccc(C)cc1. The summed E-state index contributed by atoms with van der Waals surface area (Å²) in [5, 5.41) is 11.1. The quantitative estimate of drug-likeness (QED) is 0.101. The van der Waals surface area contributed by atoms with Crippen LogP contribution in [-0.4, -0.2) is 29.2 Å². The van der Waals surface area contributed by atoms with Gasteiger partial charge in [0.1, 0.15) is 6.61 Å². The van der Waals surface area contributed by atoms with Gasteiger partial charge >= 0.3 is 5.97 Å². The van der Waals surface area contributed by atoms with Crippen LogP contribution in [0.25, 0.3) is 6.08 Å². The van der Waals surface area contributed by atoms with Crippen LogP contribution in [0, 0.1) is 20.6 Å². The van der Waals surface area contributed by atoms with Crippen LogP contribution in [-0.2, 0) is 16.1 Å². The standard InChI is InChI=1S/C32H28IN3O7S/c1-5-42-31(38)27-19(3)34-32-35(28(27)22-11-9-18(2)10-12-22)30(37)26(44-32)16-21-14-24(33)29(25(15-21)41-4)43-17-20-7-6-8-23(13-20)36(39)40/h6-16,28H,5,17H2,1-4H3/b26-16+/t28-/m0/s1. The maximum atomic E-state index is 13.9. The van der Waals surface area contributed by atoms with E-state index in [1.807, 2.05) is 37.3 Å². The van der Waals surface area contributed by atoms with Crippen molar-refractivity contribution in [1.29, 1.82) is 0 Å². The van der Waals surface area contributed by atoms with Crippen LogP contribution in [0.4, 0.5) is 5.69 Å². The number of esters is 1. The largest absolute Gasteiger partial charge is 0.493 e. The van der Waals surface area contributed by atoms with Crippen LogP contribution < -0.4 is 24.4 Å². The van der Waals surface area contributed by atoms with Crippen LogP contribution in [0.2, 0.25) is 0 Å². The average molecular weight is 726 g/mol. The summed E-state index contributed by atoms with van der Waals surface area (Å²) in [6, 6.07) is 16.9. The highest BCUT2D eigenvalue weighted by atomic mass is 127. The molecule has 1 aliphatic rings. The number of nitro benzene ring substituents is 1. The van der Waals surface area contributed by atoms with E-state index in [9.17, 15) is 19.7 Å². The summed E-state index contributed by atoms with van der Waals surface area (Å²) in [5.74, 6) is 0.417. The topological polar surface area (TPSA) is 122 Å². The molecular formula is C32H28IN3O7S. The van der Waals surface area contributed by atoms with Crippen LogP contribution in [0.3, 0.4) is 0 Å². The first-order valence-corrected chi connectivity index (χ1v) is 15.5. The Labute approximate surface area is 270 Å². The Balaban J connectivity index is 1.55. The second-order valence-corrected chi connectivity index (χ2v) is 12.1. The summed E-state index contributed by atoms with van der Waals surface area (Å²) in [7, 11) is 1.52. The molecule has 0 amide bonds. The third-order valence-corrected chi connectivity index (χ3v) is 8.75. The molecule has 0 radical (unpaired) electrons. The van der Waals surface area contributed by atoms with Crippen molar-refractivity contribution in [1.82, 2.24) is 4.57 Å². The Morgan fingerprint density at radius 2 is 1.91 bits per heavy atom. The van der Waals surface area contributed by atoms with Gasteiger partial charge in [0, 0.05) is 12.1 Å². The van der Waals surface area contributed by atoms with Crippen molar-refractivity contribution in [3.63, 3.8) is 0 Å². The summed E-state index contributed by atoms with van der Waals surface area (Å²) >= 11 is 3.36. The van der Waals surface area contributed by atoms with E-state index in [0.717, 1.165) is 14.7 Å². The number of allylic oxidation sites excluding steroid dienone is 1. The molecule has 0 saturated heterocycles. The second-order valence-electron chi connectivity index (χ2n) is 9.96. The first-order chi connectivity index (χ1) is 21.1. The maximum absolute atomic E-state index is 13.9. The van der Waals surface area contributed by atoms with Gasteiger partial charge in [-0.25, -0.2) is 9.79 Å². The van der Waals surface area contributed by atoms with E-state index < -0.39 is 16.9 Å². The normalized spacial score (nSPS) is 14.6. The van der Waals surface area contributed by atoms with Crippen molar-refractivity contribution < 1.29 is 23.9 Å². The predicted molar refractivity (Wildman–Crippen MR) is 175 cm³/mol. The van der Waals surface area contributed by atoms with E-state index in [0.29, 0.717) is 43.2 Å². The number of nitro groups is 1. The number of carbonyl (C=O) groups is 1. The molecule has 226 valence electrons. The molecule has 5 rings (SSSR count). The number of hydrogen-bond acceptors (Lipinski definition) is 9.